The maximum atomic E-state index is 12.2. The molecule has 1 aliphatic rings. The minimum absolute atomic E-state index is 0.0989. The molecule has 0 fully saturated rings. The fourth-order valence-corrected chi connectivity index (χ4v) is 2.98. The van der Waals surface area contributed by atoms with Gasteiger partial charge in [0, 0.05) is 32.0 Å². The average molecular weight is 327 g/mol. The number of hydrogen-bond donors (Lipinski definition) is 2. The molecule has 0 aliphatic heterocycles. The number of ether oxygens (including phenoxy) is 1. The number of nitrogens with one attached hydrogen (secondary N) is 2. The van der Waals surface area contributed by atoms with Gasteiger partial charge in [0.2, 0.25) is 0 Å². The van der Waals surface area contributed by atoms with E-state index in [0.29, 0.717) is 18.8 Å². The second-order valence-corrected chi connectivity index (χ2v) is 5.91. The first-order valence-corrected chi connectivity index (χ1v) is 7.99. The van der Waals surface area contributed by atoms with Gasteiger partial charge in [-0.1, -0.05) is 24.3 Å². The van der Waals surface area contributed by atoms with E-state index in [1.54, 1.807) is 19.4 Å². The number of aromatic nitrogens is 1. The van der Waals surface area contributed by atoms with E-state index in [0.717, 1.165) is 12.8 Å². The van der Waals surface area contributed by atoms with Crippen LogP contribution in [0.5, 0.6) is 0 Å². The summed E-state index contributed by atoms with van der Waals surface area (Å²) in [6.07, 6.45) is 3.32. The quantitative estimate of drug-likeness (QED) is 0.879. The zero-order chi connectivity index (χ0) is 16.9. The summed E-state index contributed by atoms with van der Waals surface area (Å²) in [5.74, 6) is 0. The Bertz CT molecular complexity index is 760. The normalized spacial score (nSPS) is 13.5. The molecular formula is C18H21N3O3. The van der Waals surface area contributed by atoms with Crippen molar-refractivity contribution >= 4 is 11.7 Å². The predicted octanol–water partition coefficient (Wildman–Crippen LogP) is 1.78. The third-order valence-electron chi connectivity index (χ3n) is 4.16. The van der Waals surface area contributed by atoms with E-state index in [9.17, 15) is 9.59 Å². The second kappa shape index (κ2) is 7.31. The zero-order valence-corrected chi connectivity index (χ0v) is 13.6. The minimum atomic E-state index is -0.259. The van der Waals surface area contributed by atoms with E-state index in [1.807, 2.05) is 12.1 Å². The Balaban J connectivity index is 1.59. The molecule has 1 aromatic carbocycles. The molecule has 0 saturated heterocycles. The maximum Gasteiger partial charge on any atom is 0.319 e. The number of fused-ring (bicyclic) bond motifs is 1. The average Bonchev–Trinajstić information content (AvgIpc) is 2.97. The predicted molar refractivity (Wildman–Crippen MR) is 92.4 cm³/mol. The first-order chi connectivity index (χ1) is 11.7. The standard InChI is InChI=1S/C18H21N3O3/c1-24-9-8-21-12-15(6-7-17(21)22)19-18(23)20-16-10-13-4-2-3-5-14(13)11-16/h2-7,12,16H,8-11H2,1H3,(H2,19,20,23). The fraction of sp³-hybridized carbons (Fsp3) is 0.333. The molecule has 0 atom stereocenters. The van der Waals surface area contributed by atoms with Crippen LogP contribution >= 0.6 is 0 Å². The van der Waals surface area contributed by atoms with Crippen LogP contribution in [0.2, 0.25) is 0 Å². The third kappa shape index (κ3) is 3.83. The summed E-state index contributed by atoms with van der Waals surface area (Å²) in [5.41, 5.74) is 3.04. The topological polar surface area (TPSA) is 72.4 Å². The monoisotopic (exact) mass is 327 g/mol. The van der Waals surface area contributed by atoms with Crippen LogP contribution in [0.25, 0.3) is 0 Å². The molecule has 1 heterocycles. The van der Waals surface area contributed by atoms with Gasteiger partial charge in [-0.15, -0.1) is 0 Å². The Kier molecular flexibility index (Phi) is 4.96. The molecular weight excluding hydrogens is 306 g/mol. The van der Waals surface area contributed by atoms with Crippen molar-refractivity contribution in [2.45, 2.75) is 25.4 Å². The summed E-state index contributed by atoms with van der Waals surface area (Å²) >= 11 is 0. The van der Waals surface area contributed by atoms with Gasteiger partial charge in [-0.05, 0) is 30.0 Å². The molecule has 2 amide bonds. The Morgan fingerprint density at radius 3 is 2.58 bits per heavy atom. The summed E-state index contributed by atoms with van der Waals surface area (Å²) in [6.45, 7) is 0.889. The molecule has 126 valence electrons. The van der Waals surface area contributed by atoms with Crippen LogP contribution in [-0.4, -0.2) is 30.4 Å². The Hall–Kier alpha value is -2.60. The van der Waals surface area contributed by atoms with Gasteiger partial charge in [0.1, 0.15) is 0 Å². The molecule has 2 aromatic rings. The molecule has 1 aromatic heterocycles. The van der Waals surface area contributed by atoms with Gasteiger partial charge in [-0.25, -0.2) is 4.79 Å². The first-order valence-electron chi connectivity index (χ1n) is 7.99. The van der Waals surface area contributed by atoms with Crippen LogP contribution < -0.4 is 16.2 Å². The number of nitrogens with zero attached hydrogens (tertiary/aromatic N) is 1. The Morgan fingerprint density at radius 2 is 1.92 bits per heavy atom. The highest BCUT2D eigenvalue weighted by Gasteiger charge is 2.22. The van der Waals surface area contributed by atoms with Crippen LogP contribution in [0, 0.1) is 0 Å². The SMILES string of the molecule is COCCn1cc(NC(=O)NC2Cc3ccccc3C2)ccc1=O. The van der Waals surface area contributed by atoms with E-state index >= 15 is 0 Å². The van der Waals surface area contributed by atoms with Crippen molar-refractivity contribution in [1.82, 2.24) is 9.88 Å². The summed E-state index contributed by atoms with van der Waals surface area (Å²) in [4.78, 5) is 23.9. The highest BCUT2D eigenvalue weighted by atomic mass is 16.5. The van der Waals surface area contributed by atoms with Crippen molar-refractivity contribution < 1.29 is 9.53 Å². The number of anilines is 1. The molecule has 24 heavy (non-hydrogen) atoms. The van der Waals surface area contributed by atoms with Gasteiger partial charge >= 0.3 is 6.03 Å². The summed E-state index contributed by atoms with van der Waals surface area (Å²) < 4.78 is 6.50. The second-order valence-electron chi connectivity index (χ2n) is 5.91. The lowest BCUT2D eigenvalue weighted by Gasteiger charge is -2.14. The number of hydrogen-bond acceptors (Lipinski definition) is 3. The minimum Gasteiger partial charge on any atom is -0.383 e. The molecule has 0 saturated carbocycles. The van der Waals surface area contributed by atoms with Crippen molar-refractivity contribution in [2.75, 3.05) is 19.0 Å². The Labute approximate surface area is 140 Å². The number of urea groups is 1. The van der Waals surface area contributed by atoms with Gasteiger partial charge < -0.3 is 19.9 Å². The maximum absolute atomic E-state index is 12.2. The molecule has 3 rings (SSSR count). The molecule has 0 spiro atoms. The van der Waals surface area contributed by atoms with Gasteiger partial charge in [0.15, 0.2) is 0 Å². The van der Waals surface area contributed by atoms with Crippen LogP contribution in [0.4, 0.5) is 10.5 Å². The highest BCUT2D eigenvalue weighted by Crippen LogP contribution is 2.21. The van der Waals surface area contributed by atoms with Crippen molar-refractivity contribution in [3.05, 3.63) is 64.1 Å². The van der Waals surface area contributed by atoms with Gasteiger partial charge in [-0.2, -0.15) is 0 Å². The number of carbonyl (C=O) groups is 1. The largest absolute Gasteiger partial charge is 0.383 e. The smallest absolute Gasteiger partial charge is 0.319 e. The van der Waals surface area contributed by atoms with E-state index in [-0.39, 0.29) is 17.6 Å². The van der Waals surface area contributed by atoms with Crippen molar-refractivity contribution in [2.24, 2.45) is 0 Å². The first kappa shape index (κ1) is 16.3. The molecule has 1 aliphatic carbocycles. The summed E-state index contributed by atoms with van der Waals surface area (Å²) in [5, 5.41) is 5.78. The number of rotatable bonds is 5. The van der Waals surface area contributed by atoms with E-state index in [2.05, 4.69) is 22.8 Å². The van der Waals surface area contributed by atoms with Crippen molar-refractivity contribution in [1.29, 1.82) is 0 Å². The third-order valence-corrected chi connectivity index (χ3v) is 4.16. The van der Waals surface area contributed by atoms with Crippen LogP contribution in [-0.2, 0) is 24.1 Å². The molecule has 6 heteroatoms. The van der Waals surface area contributed by atoms with Crippen LogP contribution in [0.1, 0.15) is 11.1 Å². The van der Waals surface area contributed by atoms with Gasteiger partial charge in [0.25, 0.3) is 5.56 Å². The lowest BCUT2D eigenvalue weighted by atomic mass is 10.1. The lowest BCUT2D eigenvalue weighted by molar-refractivity contribution is 0.186. The molecule has 2 N–H and O–H groups in total. The number of pyridine rings is 1. The summed E-state index contributed by atoms with van der Waals surface area (Å²) in [7, 11) is 1.58. The highest BCUT2D eigenvalue weighted by molar-refractivity contribution is 5.89. The molecule has 0 radical (unpaired) electrons. The lowest BCUT2D eigenvalue weighted by Crippen LogP contribution is -2.38. The molecule has 6 nitrogen and oxygen atoms in total. The Morgan fingerprint density at radius 1 is 1.21 bits per heavy atom. The van der Waals surface area contributed by atoms with Gasteiger partial charge in [0.05, 0.1) is 12.3 Å². The number of methoxy groups -OCH3 is 1. The van der Waals surface area contributed by atoms with Crippen molar-refractivity contribution in [3.8, 4) is 0 Å². The zero-order valence-electron chi connectivity index (χ0n) is 13.6. The van der Waals surface area contributed by atoms with Crippen LogP contribution in [0.3, 0.4) is 0 Å². The van der Waals surface area contributed by atoms with E-state index < -0.39 is 0 Å². The van der Waals surface area contributed by atoms with Crippen molar-refractivity contribution in [3.63, 3.8) is 0 Å². The number of amides is 2. The van der Waals surface area contributed by atoms with Gasteiger partial charge in [-0.3, -0.25) is 4.79 Å². The summed E-state index contributed by atoms with van der Waals surface area (Å²) in [6, 6.07) is 11.1. The van der Waals surface area contributed by atoms with Crippen LogP contribution in [0.15, 0.2) is 47.4 Å². The van der Waals surface area contributed by atoms with E-state index in [4.69, 9.17) is 4.74 Å². The molecule has 0 unspecified atom stereocenters. The number of benzene rings is 1. The fourth-order valence-electron chi connectivity index (χ4n) is 2.98. The van der Waals surface area contributed by atoms with E-state index in [1.165, 1.54) is 21.8 Å². The number of carbonyl (C=O) groups excluding carboxylic acids is 1. The molecule has 0 bridgehead atoms.